The van der Waals surface area contributed by atoms with Crippen molar-refractivity contribution in [2.45, 2.75) is 30.6 Å². The summed E-state index contributed by atoms with van der Waals surface area (Å²) >= 11 is 4.39. The van der Waals surface area contributed by atoms with Crippen LogP contribution in [0.1, 0.15) is 29.9 Å². The summed E-state index contributed by atoms with van der Waals surface area (Å²) in [5, 5.41) is 0. The minimum absolute atomic E-state index is 0.849. The van der Waals surface area contributed by atoms with Crippen molar-refractivity contribution in [2.24, 2.45) is 0 Å². The Morgan fingerprint density at radius 1 is 1.36 bits per heavy atom. The fourth-order valence-corrected chi connectivity index (χ4v) is 1.69. The minimum atomic E-state index is 0.849. The second-order valence-electron chi connectivity index (χ2n) is 3.27. The van der Waals surface area contributed by atoms with Gasteiger partial charge in [0, 0.05) is 4.90 Å². The van der Waals surface area contributed by atoms with E-state index in [2.05, 4.69) is 37.8 Å². The van der Waals surface area contributed by atoms with Crippen molar-refractivity contribution in [3.8, 4) is 0 Å². The molecule has 0 atom stereocenters. The summed E-state index contributed by atoms with van der Waals surface area (Å²) in [7, 11) is 0. The molecule has 0 saturated heterocycles. The molecule has 0 amide bonds. The summed E-state index contributed by atoms with van der Waals surface area (Å²) in [6, 6.07) is 6.39. The van der Waals surface area contributed by atoms with E-state index in [1.165, 1.54) is 24.0 Å². The molecule has 0 nitrogen and oxygen atoms in total. The molecule has 58 valence electrons. The van der Waals surface area contributed by atoms with Gasteiger partial charge in [-0.3, -0.25) is 0 Å². The van der Waals surface area contributed by atoms with Crippen molar-refractivity contribution >= 4 is 12.6 Å². The third kappa shape index (κ3) is 1.30. The maximum absolute atomic E-state index is 4.39. The van der Waals surface area contributed by atoms with Gasteiger partial charge in [-0.15, -0.1) is 12.6 Å². The van der Waals surface area contributed by atoms with Gasteiger partial charge < -0.3 is 0 Å². The van der Waals surface area contributed by atoms with Gasteiger partial charge in [0.1, 0.15) is 0 Å². The van der Waals surface area contributed by atoms with E-state index in [1.807, 2.05) is 0 Å². The Balaban J connectivity index is 2.45. The smallest absolute Gasteiger partial charge is 0.00720 e. The van der Waals surface area contributed by atoms with E-state index >= 15 is 0 Å². The average molecular weight is 164 g/mol. The Labute approximate surface area is 73.0 Å². The summed E-state index contributed by atoms with van der Waals surface area (Å²) in [5.41, 5.74) is 2.89. The second-order valence-corrected chi connectivity index (χ2v) is 3.75. The van der Waals surface area contributed by atoms with Crippen LogP contribution in [0.25, 0.3) is 0 Å². The Morgan fingerprint density at radius 3 is 2.73 bits per heavy atom. The van der Waals surface area contributed by atoms with Crippen LogP contribution in [0.4, 0.5) is 0 Å². The van der Waals surface area contributed by atoms with Crippen molar-refractivity contribution < 1.29 is 0 Å². The predicted molar refractivity (Wildman–Crippen MR) is 50.4 cm³/mol. The van der Waals surface area contributed by atoms with E-state index in [0.717, 1.165) is 10.8 Å². The lowest BCUT2D eigenvalue weighted by atomic mass is 10.1. The van der Waals surface area contributed by atoms with Gasteiger partial charge in [-0.1, -0.05) is 12.1 Å². The van der Waals surface area contributed by atoms with Crippen molar-refractivity contribution in [3.63, 3.8) is 0 Å². The fourth-order valence-electron chi connectivity index (χ4n) is 1.48. The van der Waals surface area contributed by atoms with Crippen LogP contribution in [-0.4, -0.2) is 0 Å². The highest BCUT2D eigenvalue weighted by atomic mass is 32.1. The number of hydrogen-bond acceptors (Lipinski definition) is 1. The summed E-state index contributed by atoms with van der Waals surface area (Å²) in [5.74, 6) is 0.849. The first-order valence-electron chi connectivity index (χ1n) is 4.07. The van der Waals surface area contributed by atoms with Crippen molar-refractivity contribution in [1.29, 1.82) is 0 Å². The summed E-state index contributed by atoms with van der Waals surface area (Å²) in [4.78, 5) is 1.13. The molecule has 11 heavy (non-hydrogen) atoms. The van der Waals surface area contributed by atoms with Crippen LogP contribution in [0.3, 0.4) is 0 Å². The van der Waals surface area contributed by atoms with Gasteiger partial charge in [-0.2, -0.15) is 0 Å². The first-order valence-corrected chi connectivity index (χ1v) is 4.52. The molecule has 1 aromatic rings. The van der Waals surface area contributed by atoms with Crippen LogP contribution in [0.15, 0.2) is 23.1 Å². The zero-order valence-electron chi connectivity index (χ0n) is 6.67. The molecule has 0 unspecified atom stereocenters. The molecule has 2 rings (SSSR count). The van der Waals surface area contributed by atoms with Crippen molar-refractivity contribution in [3.05, 3.63) is 29.3 Å². The number of thiol groups is 1. The molecule has 1 aliphatic rings. The molecule has 0 aromatic heterocycles. The van der Waals surface area contributed by atoms with Crippen molar-refractivity contribution in [2.75, 3.05) is 0 Å². The lowest BCUT2D eigenvalue weighted by Gasteiger charge is -2.05. The highest BCUT2D eigenvalue weighted by Gasteiger charge is 2.24. The van der Waals surface area contributed by atoms with E-state index < -0.39 is 0 Å². The molecule has 1 fully saturated rings. The largest absolute Gasteiger partial charge is 0.143 e. The SMILES string of the molecule is Cc1c(S)cccc1C1CC1. The van der Waals surface area contributed by atoms with Gasteiger partial charge in [0.15, 0.2) is 0 Å². The lowest BCUT2D eigenvalue weighted by molar-refractivity contribution is 1.07. The molecule has 0 bridgehead atoms. The van der Waals surface area contributed by atoms with Gasteiger partial charge in [0.05, 0.1) is 0 Å². The number of hydrogen-bond donors (Lipinski definition) is 1. The third-order valence-electron chi connectivity index (χ3n) is 2.36. The second kappa shape index (κ2) is 2.56. The first-order chi connectivity index (χ1) is 5.29. The molecule has 1 heteroatoms. The average Bonchev–Trinajstić information content (AvgIpc) is 2.77. The monoisotopic (exact) mass is 164 g/mol. The highest BCUT2D eigenvalue weighted by molar-refractivity contribution is 7.80. The molecular formula is C10H12S. The van der Waals surface area contributed by atoms with Gasteiger partial charge in [0.2, 0.25) is 0 Å². The molecule has 1 aromatic carbocycles. The van der Waals surface area contributed by atoms with Crippen LogP contribution in [-0.2, 0) is 0 Å². The Hall–Kier alpha value is -0.430. The van der Waals surface area contributed by atoms with Crippen LogP contribution < -0.4 is 0 Å². The fraction of sp³-hybridized carbons (Fsp3) is 0.400. The molecule has 0 spiro atoms. The number of benzene rings is 1. The quantitative estimate of drug-likeness (QED) is 0.606. The standard InChI is InChI=1S/C10H12S/c1-7-9(8-5-6-8)3-2-4-10(7)11/h2-4,8,11H,5-6H2,1H3. The van der Waals surface area contributed by atoms with Gasteiger partial charge in [-0.05, 0) is 42.9 Å². The molecule has 0 heterocycles. The molecule has 0 aliphatic heterocycles. The van der Waals surface area contributed by atoms with Crippen molar-refractivity contribution in [1.82, 2.24) is 0 Å². The van der Waals surface area contributed by atoms with Gasteiger partial charge in [-0.25, -0.2) is 0 Å². The van der Waals surface area contributed by atoms with E-state index in [0.29, 0.717) is 0 Å². The lowest BCUT2D eigenvalue weighted by Crippen LogP contribution is -1.85. The predicted octanol–water partition coefficient (Wildman–Crippen LogP) is 3.16. The molecule has 0 N–H and O–H groups in total. The molecule has 1 saturated carbocycles. The zero-order valence-corrected chi connectivity index (χ0v) is 7.57. The van der Waals surface area contributed by atoms with Crippen LogP contribution in [0.5, 0.6) is 0 Å². The number of rotatable bonds is 1. The molecule has 0 radical (unpaired) electrons. The van der Waals surface area contributed by atoms with E-state index in [4.69, 9.17) is 0 Å². The topological polar surface area (TPSA) is 0 Å². The zero-order chi connectivity index (χ0) is 7.84. The van der Waals surface area contributed by atoms with Gasteiger partial charge >= 0.3 is 0 Å². The van der Waals surface area contributed by atoms with E-state index in [9.17, 15) is 0 Å². The normalized spacial score (nSPS) is 16.9. The summed E-state index contributed by atoms with van der Waals surface area (Å²) in [6.07, 6.45) is 2.75. The van der Waals surface area contributed by atoms with E-state index in [1.54, 1.807) is 0 Å². The minimum Gasteiger partial charge on any atom is -0.143 e. The van der Waals surface area contributed by atoms with E-state index in [-0.39, 0.29) is 0 Å². The Bertz CT molecular complexity index is 274. The summed E-state index contributed by atoms with van der Waals surface area (Å²) in [6.45, 7) is 2.16. The maximum atomic E-state index is 4.39. The molecule has 1 aliphatic carbocycles. The Kier molecular flexibility index (Phi) is 1.68. The van der Waals surface area contributed by atoms with Gasteiger partial charge in [0.25, 0.3) is 0 Å². The Morgan fingerprint density at radius 2 is 2.09 bits per heavy atom. The van der Waals surface area contributed by atoms with Crippen LogP contribution in [0, 0.1) is 6.92 Å². The first kappa shape index (κ1) is 7.23. The summed E-state index contributed by atoms with van der Waals surface area (Å²) < 4.78 is 0. The van der Waals surface area contributed by atoms with Crippen LogP contribution in [0.2, 0.25) is 0 Å². The highest BCUT2D eigenvalue weighted by Crippen LogP contribution is 2.42. The molecular weight excluding hydrogens is 152 g/mol. The van der Waals surface area contributed by atoms with Crippen LogP contribution >= 0.6 is 12.6 Å². The third-order valence-corrected chi connectivity index (χ3v) is 2.85. The maximum Gasteiger partial charge on any atom is 0.00720 e.